The topological polar surface area (TPSA) is 87.2 Å². The first kappa shape index (κ1) is 19.0. The molecule has 150 valence electrons. The molecule has 0 atom stereocenters. The number of carbonyl (C=O) groups excluding carboxylic acids is 1. The summed E-state index contributed by atoms with van der Waals surface area (Å²) < 4.78 is 1.20. The summed E-state index contributed by atoms with van der Waals surface area (Å²) in [5.41, 5.74) is 1.61. The van der Waals surface area contributed by atoms with Crippen LogP contribution >= 0.6 is 0 Å². The van der Waals surface area contributed by atoms with E-state index >= 15 is 0 Å². The maximum Gasteiger partial charge on any atom is 0.273 e. The van der Waals surface area contributed by atoms with Crippen molar-refractivity contribution in [3.05, 3.63) is 74.8 Å². The molecule has 1 aromatic heterocycles. The Balaban J connectivity index is 1.33. The Hall–Kier alpha value is -3.35. The molecule has 1 aliphatic rings. The molecule has 0 radical (unpaired) electrons. The molecule has 0 saturated carbocycles. The van der Waals surface area contributed by atoms with Gasteiger partial charge in [0.25, 0.3) is 11.1 Å². The third-order valence-corrected chi connectivity index (χ3v) is 5.34. The summed E-state index contributed by atoms with van der Waals surface area (Å²) in [4.78, 5) is 39.1. The van der Waals surface area contributed by atoms with Crippen LogP contribution in [0, 0.1) is 0 Å². The first-order valence-corrected chi connectivity index (χ1v) is 9.94. The summed E-state index contributed by atoms with van der Waals surface area (Å²) in [5.74, 6) is -0.172. The number of fused-ring (bicyclic) bond motifs is 1. The first-order chi connectivity index (χ1) is 14.1. The van der Waals surface area contributed by atoms with Crippen molar-refractivity contribution in [1.82, 2.24) is 15.1 Å². The minimum atomic E-state index is -0.335. The van der Waals surface area contributed by atoms with Crippen molar-refractivity contribution in [2.45, 2.75) is 32.4 Å². The molecule has 7 heteroatoms. The number of nitrogens with one attached hydrogen (secondary N) is 2. The Bertz CT molecular complexity index is 1130. The van der Waals surface area contributed by atoms with Crippen LogP contribution in [0.2, 0.25) is 0 Å². The molecule has 29 heavy (non-hydrogen) atoms. The van der Waals surface area contributed by atoms with Gasteiger partial charge >= 0.3 is 0 Å². The summed E-state index contributed by atoms with van der Waals surface area (Å²) in [5, 5.41) is 6.13. The van der Waals surface area contributed by atoms with Crippen LogP contribution in [0.25, 0.3) is 10.8 Å². The van der Waals surface area contributed by atoms with E-state index in [1.807, 2.05) is 12.1 Å². The molecule has 4 rings (SSSR count). The molecule has 3 aromatic rings. The lowest BCUT2D eigenvalue weighted by molar-refractivity contribution is -0.121. The van der Waals surface area contributed by atoms with E-state index in [-0.39, 0.29) is 30.0 Å². The van der Waals surface area contributed by atoms with Crippen molar-refractivity contribution in [3.63, 3.8) is 0 Å². The summed E-state index contributed by atoms with van der Waals surface area (Å²) in [7, 11) is 0. The second kappa shape index (κ2) is 8.34. The molecule has 2 heterocycles. The normalized spacial score (nSPS) is 13.7. The number of benzene rings is 2. The van der Waals surface area contributed by atoms with E-state index in [4.69, 9.17) is 0 Å². The van der Waals surface area contributed by atoms with Crippen LogP contribution in [0.5, 0.6) is 0 Å². The third kappa shape index (κ3) is 4.23. The van der Waals surface area contributed by atoms with Crippen LogP contribution in [-0.4, -0.2) is 28.8 Å². The average Bonchev–Trinajstić information content (AvgIpc) is 3.29. The van der Waals surface area contributed by atoms with Crippen LogP contribution in [0.15, 0.2) is 58.1 Å². The van der Waals surface area contributed by atoms with Gasteiger partial charge in [0.1, 0.15) is 0 Å². The quantitative estimate of drug-likeness (QED) is 0.672. The van der Waals surface area contributed by atoms with Gasteiger partial charge in [0.15, 0.2) is 0 Å². The Kier molecular flexibility index (Phi) is 5.46. The number of rotatable bonds is 6. The van der Waals surface area contributed by atoms with E-state index in [2.05, 4.69) is 27.4 Å². The van der Waals surface area contributed by atoms with E-state index < -0.39 is 0 Å². The number of aromatic amines is 1. The summed E-state index contributed by atoms with van der Waals surface area (Å²) in [6, 6.07) is 14.9. The van der Waals surface area contributed by atoms with Crippen LogP contribution in [0.1, 0.15) is 24.8 Å². The Morgan fingerprint density at radius 3 is 2.38 bits per heavy atom. The van der Waals surface area contributed by atoms with E-state index in [1.54, 1.807) is 24.3 Å². The van der Waals surface area contributed by atoms with E-state index in [0.717, 1.165) is 18.7 Å². The van der Waals surface area contributed by atoms with E-state index in [0.29, 0.717) is 17.3 Å². The third-order valence-electron chi connectivity index (χ3n) is 5.34. The van der Waals surface area contributed by atoms with Gasteiger partial charge in [-0.1, -0.05) is 24.3 Å². The minimum Gasteiger partial charge on any atom is -0.372 e. The van der Waals surface area contributed by atoms with Crippen LogP contribution in [-0.2, 0) is 17.9 Å². The van der Waals surface area contributed by atoms with Crippen molar-refractivity contribution >= 4 is 22.4 Å². The highest BCUT2D eigenvalue weighted by Crippen LogP contribution is 2.20. The van der Waals surface area contributed by atoms with Gasteiger partial charge in [-0.15, -0.1) is 0 Å². The zero-order valence-electron chi connectivity index (χ0n) is 16.2. The second-order valence-corrected chi connectivity index (χ2v) is 7.33. The molecular weight excluding hydrogens is 368 g/mol. The lowest BCUT2D eigenvalue weighted by atomic mass is 10.2. The van der Waals surface area contributed by atoms with Gasteiger partial charge in [0, 0.05) is 31.7 Å². The standard InChI is InChI=1S/C22H24N4O3/c27-20(23-15-16-7-9-17(10-8-16)25-12-3-4-13-25)11-14-26-22(29)19-6-2-1-5-18(19)21(28)24-26/h1-2,5-10H,3-4,11-15H2,(H,23,27)(H,24,28). The van der Waals surface area contributed by atoms with Gasteiger partial charge in [0.05, 0.1) is 17.3 Å². The highest BCUT2D eigenvalue weighted by atomic mass is 16.2. The zero-order chi connectivity index (χ0) is 20.2. The van der Waals surface area contributed by atoms with E-state index in [1.165, 1.54) is 23.2 Å². The molecule has 7 nitrogen and oxygen atoms in total. The average molecular weight is 392 g/mol. The minimum absolute atomic E-state index is 0.111. The number of hydrogen-bond donors (Lipinski definition) is 2. The molecule has 1 saturated heterocycles. The van der Waals surface area contributed by atoms with Gasteiger partial charge in [-0.25, -0.2) is 4.68 Å². The molecule has 2 N–H and O–H groups in total. The second-order valence-electron chi connectivity index (χ2n) is 7.33. The molecule has 1 aliphatic heterocycles. The monoisotopic (exact) mass is 392 g/mol. The predicted molar refractivity (Wildman–Crippen MR) is 113 cm³/mol. The highest BCUT2D eigenvalue weighted by molar-refractivity contribution is 5.80. The van der Waals surface area contributed by atoms with Crippen molar-refractivity contribution in [3.8, 4) is 0 Å². The largest absolute Gasteiger partial charge is 0.372 e. The fourth-order valence-corrected chi connectivity index (χ4v) is 3.71. The summed E-state index contributed by atoms with van der Waals surface area (Å²) in [6.07, 6.45) is 2.59. The fraction of sp³-hybridized carbons (Fsp3) is 0.318. The van der Waals surface area contributed by atoms with Gasteiger partial charge in [-0.05, 0) is 42.7 Å². The number of nitrogens with zero attached hydrogens (tertiary/aromatic N) is 2. The number of aromatic nitrogens is 2. The predicted octanol–water partition coefficient (Wildman–Crippen LogP) is 2.00. The Morgan fingerprint density at radius 2 is 1.66 bits per heavy atom. The number of carbonyl (C=O) groups is 1. The van der Waals surface area contributed by atoms with Crippen LogP contribution in [0.4, 0.5) is 5.69 Å². The molecule has 2 aromatic carbocycles. The smallest absolute Gasteiger partial charge is 0.273 e. The molecule has 0 spiro atoms. The molecule has 0 aliphatic carbocycles. The van der Waals surface area contributed by atoms with Gasteiger partial charge < -0.3 is 10.2 Å². The van der Waals surface area contributed by atoms with Gasteiger partial charge in [-0.2, -0.15) is 0 Å². The van der Waals surface area contributed by atoms with Crippen molar-refractivity contribution in [1.29, 1.82) is 0 Å². The van der Waals surface area contributed by atoms with Crippen LogP contribution in [0.3, 0.4) is 0 Å². The SMILES string of the molecule is O=C(CCn1[nH]c(=O)c2ccccc2c1=O)NCc1ccc(N2CCCC2)cc1. The van der Waals surface area contributed by atoms with E-state index in [9.17, 15) is 14.4 Å². The fourth-order valence-electron chi connectivity index (χ4n) is 3.71. The molecule has 1 fully saturated rings. The van der Waals surface area contributed by atoms with Crippen molar-refractivity contribution in [2.75, 3.05) is 18.0 Å². The number of aryl methyl sites for hydroxylation is 1. The molecular formula is C22H24N4O3. The lowest BCUT2D eigenvalue weighted by Gasteiger charge is -2.17. The Labute approximate surface area is 167 Å². The first-order valence-electron chi connectivity index (χ1n) is 9.94. The molecule has 1 amide bonds. The summed E-state index contributed by atoms with van der Waals surface area (Å²) in [6.45, 7) is 2.76. The Morgan fingerprint density at radius 1 is 0.966 bits per heavy atom. The maximum atomic E-state index is 12.5. The van der Waals surface area contributed by atoms with Crippen molar-refractivity contribution < 1.29 is 4.79 Å². The molecule has 0 unspecified atom stereocenters. The number of H-pyrrole nitrogens is 1. The highest BCUT2D eigenvalue weighted by Gasteiger charge is 2.12. The number of amides is 1. The van der Waals surface area contributed by atoms with Crippen LogP contribution < -0.4 is 21.3 Å². The summed E-state index contributed by atoms with van der Waals surface area (Å²) >= 11 is 0. The zero-order valence-corrected chi connectivity index (χ0v) is 16.2. The lowest BCUT2D eigenvalue weighted by Crippen LogP contribution is -2.32. The van der Waals surface area contributed by atoms with Crippen molar-refractivity contribution in [2.24, 2.45) is 0 Å². The maximum absolute atomic E-state index is 12.5. The van der Waals surface area contributed by atoms with Gasteiger partial charge in [-0.3, -0.25) is 19.5 Å². The number of hydrogen-bond acceptors (Lipinski definition) is 4. The molecule has 0 bridgehead atoms. The van der Waals surface area contributed by atoms with Gasteiger partial charge in [0.2, 0.25) is 5.91 Å². The number of anilines is 1.